The molecule has 0 unspecified atom stereocenters. The molecule has 1 aliphatic heterocycles. The summed E-state index contributed by atoms with van der Waals surface area (Å²) in [5.41, 5.74) is 7.04. The van der Waals surface area contributed by atoms with Gasteiger partial charge in [0.05, 0.1) is 25.0 Å². The lowest BCUT2D eigenvalue weighted by Gasteiger charge is -2.17. The number of benzene rings is 1. The predicted molar refractivity (Wildman–Crippen MR) is 108 cm³/mol. The third-order valence-electron chi connectivity index (χ3n) is 4.57. The molecule has 1 aliphatic rings. The first-order chi connectivity index (χ1) is 12.3. The maximum absolute atomic E-state index is 12.4. The molecule has 1 amide bonds. The van der Waals surface area contributed by atoms with Crippen LogP contribution in [-0.4, -0.2) is 63.9 Å². The van der Waals surface area contributed by atoms with E-state index in [1.807, 2.05) is 44.2 Å². The number of carbonyl (C=O) groups excluding carboxylic acids is 1. The number of carbonyl (C=O) groups is 1. The van der Waals surface area contributed by atoms with E-state index in [1.54, 1.807) is 4.90 Å². The summed E-state index contributed by atoms with van der Waals surface area (Å²) in [5.74, 6) is -0.0230. The van der Waals surface area contributed by atoms with Crippen molar-refractivity contribution in [3.8, 4) is 0 Å². The quantitative estimate of drug-likeness (QED) is 0.620. The Labute approximate surface area is 168 Å². The van der Waals surface area contributed by atoms with E-state index in [0.29, 0.717) is 19.6 Å². The van der Waals surface area contributed by atoms with Crippen LogP contribution in [0.15, 0.2) is 30.3 Å². The molecule has 2 rings (SSSR count). The normalized spacial score (nSPS) is 19.9. The number of hydrogen-bond acceptors (Lipinski definition) is 5. The first-order valence-corrected chi connectivity index (χ1v) is 10.6. The standard InChI is InChI=1S/C18H29N3O4S.ClH/c1-14(2)25-8-9-26(23,24)20-11-18(22)21-12-16(10-19)17(13-21)15-6-4-3-5-7-15;/h3-7,14,16-17,20H,8-13,19H2,1-2H3;1H/t16-,17+;/m1./s1. The molecular weight excluding hydrogens is 390 g/mol. The number of nitrogens with one attached hydrogen (secondary N) is 1. The zero-order valence-corrected chi connectivity index (χ0v) is 17.5. The highest BCUT2D eigenvalue weighted by atomic mass is 35.5. The highest BCUT2D eigenvalue weighted by Crippen LogP contribution is 2.31. The Kier molecular flexibility index (Phi) is 9.69. The van der Waals surface area contributed by atoms with Gasteiger partial charge in [-0.15, -0.1) is 12.4 Å². The third kappa shape index (κ3) is 7.38. The topological polar surface area (TPSA) is 102 Å². The van der Waals surface area contributed by atoms with E-state index >= 15 is 0 Å². The fraction of sp³-hybridized carbons (Fsp3) is 0.611. The maximum Gasteiger partial charge on any atom is 0.237 e. The van der Waals surface area contributed by atoms with Crippen molar-refractivity contribution in [1.29, 1.82) is 0 Å². The van der Waals surface area contributed by atoms with Crippen LogP contribution in [0.4, 0.5) is 0 Å². The number of rotatable bonds is 9. The predicted octanol–water partition coefficient (Wildman–Crippen LogP) is 0.954. The molecule has 3 N–H and O–H groups in total. The Morgan fingerprint density at radius 3 is 2.56 bits per heavy atom. The zero-order valence-electron chi connectivity index (χ0n) is 15.8. The first-order valence-electron chi connectivity index (χ1n) is 8.94. The van der Waals surface area contributed by atoms with Crippen LogP contribution in [0.2, 0.25) is 0 Å². The van der Waals surface area contributed by atoms with Gasteiger partial charge in [0.25, 0.3) is 0 Å². The van der Waals surface area contributed by atoms with Crippen molar-refractivity contribution in [3.05, 3.63) is 35.9 Å². The lowest BCUT2D eigenvalue weighted by molar-refractivity contribution is -0.129. The molecule has 0 aliphatic carbocycles. The average molecular weight is 420 g/mol. The highest BCUT2D eigenvalue weighted by Gasteiger charge is 2.35. The van der Waals surface area contributed by atoms with Gasteiger partial charge in [-0.1, -0.05) is 30.3 Å². The van der Waals surface area contributed by atoms with Gasteiger partial charge in [-0.05, 0) is 31.9 Å². The Morgan fingerprint density at radius 1 is 1.30 bits per heavy atom. The van der Waals surface area contributed by atoms with E-state index < -0.39 is 10.0 Å². The smallest absolute Gasteiger partial charge is 0.237 e. The summed E-state index contributed by atoms with van der Waals surface area (Å²) in [5, 5.41) is 0. The number of likely N-dealkylation sites (tertiary alicyclic amines) is 1. The van der Waals surface area contributed by atoms with Crippen LogP contribution >= 0.6 is 12.4 Å². The second kappa shape index (κ2) is 11.0. The molecule has 27 heavy (non-hydrogen) atoms. The minimum Gasteiger partial charge on any atom is -0.378 e. The molecule has 154 valence electrons. The molecule has 1 aromatic carbocycles. The number of nitrogens with zero attached hydrogens (tertiary/aromatic N) is 1. The van der Waals surface area contributed by atoms with Crippen LogP contribution in [0.3, 0.4) is 0 Å². The van der Waals surface area contributed by atoms with Crippen molar-refractivity contribution in [2.75, 3.05) is 38.5 Å². The average Bonchev–Trinajstić information content (AvgIpc) is 3.04. The van der Waals surface area contributed by atoms with Crippen molar-refractivity contribution >= 4 is 28.3 Å². The number of halogens is 1. The van der Waals surface area contributed by atoms with Crippen LogP contribution < -0.4 is 10.5 Å². The second-order valence-corrected chi connectivity index (χ2v) is 8.80. The summed E-state index contributed by atoms with van der Waals surface area (Å²) in [6, 6.07) is 9.98. The van der Waals surface area contributed by atoms with Crippen molar-refractivity contribution in [2.24, 2.45) is 11.7 Å². The summed E-state index contributed by atoms with van der Waals surface area (Å²) < 4.78 is 31.5. The molecule has 2 atom stereocenters. The lowest BCUT2D eigenvalue weighted by Crippen LogP contribution is -2.40. The molecule has 1 fully saturated rings. The summed E-state index contributed by atoms with van der Waals surface area (Å²) in [6.45, 7) is 5.15. The Balaban J connectivity index is 0.00000364. The van der Waals surface area contributed by atoms with Gasteiger partial charge in [-0.3, -0.25) is 4.79 Å². The van der Waals surface area contributed by atoms with Crippen LogP contribution in [0.5, 0.6) is 0 Å². The molecule has 0 spiro atoms. The molecule has 1 heterocycles. The second-order valence-electron chi connectivity index (χ2n) is 6.87. The van der Waals surface area contributed by atoms with E-state index in [0.717, 1.165) is 5.56 Å². The summed E-state index contributed by atoms with van der Waals surface area (Å²) in [4.78, 5) is 14.1. The molecular formula is C18H30ClN3O4S. The van der Waals surface area contributed by atoms with Crippen molar-refractivity contribution in [1.82, 2.24) is 9.62 Å². The van der Waals surface area contributed by atoms with Gasteiger partial charge >= 0.3 is 0 Å². The molecule has 7 nitrogen and oxygen atoms in total. The number of hydrogen-bond donors (Lipinski definition) is 2. The van der Waals surface area contributed by atoms with Gasteiger partial charge in [0, 0.05) is 19.0 Å². The molecule has 0 radical (unpaired) electrons. The fourth-order valence-corrected chi connectivity index (χ4v) is 3.94. The van der Waals surface area contributed by atoms with Crippen LogP contribution in [-0.2, 0) is 19.6 Å². The van der Waals surface area contributed by atoms with E-state index in [9.17, 15) is 13.2 Å². The number of nitrogens with two attached hydrogens (primary N) is 1. The molecule has 0 aromatic heterocycles. The lowest BCUT2D eigenvalue weighted by atomic mass is 9.89. The molecule has 1 aromatic rings. The number of sulfonamides is 1. The number of ether oxygens (including phenoxy) is 1. The molecule has 0 bridgehead atoms. The van der Waals surface area contributed by atoms with Crippen molar-refractivity contribution in [3.63, 3.8) is 0 Å². The summed E-state index contributed by atoms with van der Waals surface area (Å²) in [7, 11) is -3.53. The van der Waals surface area contributed by atoms with Gasteiger partial charge in [0.2, 0.25) is 15.9 Å². The zero-order chi connectivity index (χ0) is 19.2. The SMILES string of the molecule is CC(C)OCCS(=O)(=O)NCC(=O)N1C[C@@H](CN)[C@H](c2ccccc2)C1.Cl. The van der Waals surface area contributed by atoms with Crippen molar-refractivity contribution in [2.45, 2.75) is 25.9 Å². The van der Waals surface area contributed by atoms with Gasteiger partial charge < -0.3 is 15.4 Å². The van der Waals surface area contributed by atoms with E-state index in [2.05, 4.69) is 4.72 Å². The monoisotopic (exact) mass is 419 g/mol. The van der Waals surface area contributed by atoms with Gasteiger partial charge in [0.1, 0.15) is 0 Å². The van der Waals surface area contributed by atoms with E-state index in [-0.39, 0.29) is 55.2 Å². The molecule has 0 saturated carbocycles. The minimum absolute atomic E-state index is 0. The molecule has 1 saturated heterocycles. The summed E-state index contributed by atoms with van der Waals surface area (Å²) >= 11 is 0. The Bertz CT molecular complexity index is 685. The largest absolute Gasteiger partial charge is 0.378 e. The van der Waals surface area contributed by atoms with Crippen LogP contribution in [0.25, 0.3) is 0 Å². The minimum atomic E-state index is -3.53. The van der Waals surface area contributed by atoms with Gasteiger partial charge in [-0.2, -0.15) is 0 Å². The number of amides is 1. The van der Waals surface area contributed by atoms with Crippen LogP contribution in [0, 0.1) is 5.92 Å². The van der Waals surface area contributed by atoms with Crippen LogP contribution in [0.1, 0.15) is 25.3 Å². The Hall–Kier alpha value is -1.19. The third-order valence-corrected chi connectivity index (χ3v) is 5.86. The highest BCUT2D eigenvalue weighted by molar-refractivity contribution is 7.89. The molecule has 9 heteroatoms. The van der Waals surface area contributed by atoms with Gasteiger partial charge in [0.15, 0.2) is 0 Å². The van der Waals surface area contributed by atoms with E-state index in [4.69, 9.17) is 10.5 Å². The summed E-state index contributed by atoms with van der Waals surface area (Å²) in [6.07, 6.45) is -0.0282. The fourth-order valence-electron chi connectivity index (χ4n) is 3.14. The first kappa shape index (κ1) is 23.8. The van der Waals surface area contributed by atoms with Crippen molar-refractivity contribution < 1.29 is 17.9 Å². The van der Waals surface area contributed by atoms with E-state index in [1.165, 1.54) is 0 Å². The maximum atomic E-state index is 12.4. The Morgan fingerprint density at radius 2 is 1.96 bits per heavy atom. The van der Waals surface area contributed by atoms with Gasteiger partial charge in [-0.25, -0.2) is 13.1 Å².